The lowest BCUT2D eigenvalue weighted by molar-refractivity contribution is -0.137. The fourth-order valence-electron chi connectivity index (χ4n) is 3.10. The van der Waals surface area contributed by atoms with Gasteiger partial charge in [-0.3, -0.25) is 14.4 Å². The van der Waals surface area contributed by atoms with Gasteiger partial charge >= 0.3 is 11.7 Å². The molecule has 162 valence electrons. The third-order valence-corrected chi connectivity index (χ3v) is 4.66. The Labute approximate surface area is 183 Å². The van der Waals surface area contributed by atoms with Crippen LogP contribution in [0.5, 0.6) is 0 Å². The van der Waals surface area contributed by atoms with Crippen LogP contribution in [0.3, 0.4) is 0 Å². The minimum absolute atomic E-state index is 0.00786. The van der Waals surface area contributed by atoms with Gasteiger partial charge in [-0.15, -0.1) is 0 Å². The Morgan fingerprint density at radius 2 is 1.34 bits per heavy atom. The predicted molar refractivity (Wildman–Crippen MR) is 118 cm³/mol. The number of nitrogens with zero attached hydrogens (tertiary/aromatic N) is 2. The highest BCUT2D eigenvalue weighted by Gasteiger charge is 2.24. The second-order valence-corrected chi connectivity index (χ2v) is 6.69. The lowest BCUT2D eigenvalue weighted by Gasteiger charge is -2.14. The van der Waals surface area contributed by atoms with Gasteiger partial charge in [-0.05, 0) is 44.2 Å². The first-order chi connectivity index (χ1) is 15.4. The Bertz CT molecular complexity index is 1320. The van der Waals surface area contributed by atoms with Crippen molar-refractivity contribution in [2.75, 3.05) is 6.61 Å². The molecule has 0 radical (unpaired) electrons. The fourth-order valence-corrected chi connectivity index (χ4v) is 3.10. The maximum Gasteiger partial charge on any atom is 0.345 e. The fraction of sp³-hybridized carbons (Fsp3) is 0.125. The Balaban J connectivity index is 2.29. The van der Waals surface area contributed by atoms with E-state index in [1.165, 1.54) is 31.2 Å². The first-order valence-corrected chi connectivity index (χ1v) is 9.79. The molecule has 0 aliphatic heterocycles. The van der Waals surface area contributed by atoms with E-state index >= 15 is 0 Å². The summed E-state index contributed by atoms with van der Waals surface area (Å²) in [5.41, 5.74) is -1.93. The van der Waals surface area contributed by atoms with E-state index in [1.54, 1.807) is 43.3 Å². The van der Waals surface area contributed by atoms with E-state index in [-0.39, 0.29) is 29.0 Å². The summed E-state index contributed by atoms with van der Waals surface area (Å²) in [6.07, 6.45) is 2.14. The third kappa shape index (κ3) is 4.39. The number of hydrogen-bond acceptors (Lipinski definition) is 6. The number of hydrogen-bond donors (Lipinski definition) is 0. The summed E-state index contributed by atoms with van der Waals surface area (Å²) in [5.74, 6) is -2.31. The van der Waals surface area contributed by atoms with Crippen LogP contribution in [0.25, 0.3) is 6.08 Å². The van der Waals surface area contributed by atoms with Crippen LogP contribution in [0.4, 0.5) is 0 Å². The molecule has 3 aromatic rings. The van der Waals surface area contributed by atoms with E-state index in [0.717, 1.165) is 16.7 Å². The van der Waals surface area contributed by atoms with Crippen molar-refractivity contribution >= 4 is 23.9 Å². The largest absolute Gasteiger partial charge is 0.463 e. The highest BCUT2D eigenvalue weighted by molar-refractivity contribution is 5.99. The lowest BCUT2D eigenvalue weighted by atomic mass is 10.1. The molecular weight excluding hydrogens is 412 g/mol. The van der Waals surface area contributed by atoms with Crippen molar-refractivity contribution in [1.82, 2.24) is 9.13 Å². The molecule has 0 bridgehead atoms. The maximum absolute atomic E-state index is 13.2. The molecule has 0 fully saturated rings. The molecule has 8 heteroatoms. The third-order valence-electron chi connectivity index (χ3n) is 4.66. The predicted octanol–water partition coefficient (Wildman–Crippen LogP) is 2.27. The molecule has 0 atom stereocenters. The number of ether oxygens (including phenoxy) is 1. The van der Waals surface area contributed by atoms with E-state index in [2.05, 4.69) is 0 Å². The van der Waals surface area contributed by atoms with Crippen LogP contribution in [0, 0.1) is 6.92 Å². The molecule has 1 heterocycles. The Kier molecular flexibility index (Phi) is 6.74. The average molecular weight is 432 g/mol. The molecule has 3 rings (SSSR count). The first kappa shape index (κ1) is 22.4. The van der Waals surface area contributed by atoms with Crippen LogP contribution in [0.15, 0.2) is 76.3 Å². The standard InChI is InChI=1S/C24H20N2O6/c1-3-32-20(27)15-14-19-16(2)25(21(28)17-10-6-4-7-11-17)24(31)26(23(19)30)22(29)18-12-8-5-9-13-18/h4-15H,3H2,1-2H3/b15-14+. The maximum atomic E-state index is 13.2. The monoisotopic (exact) mass is 432 g/mol. The summed E-state index contributed by atoms with van der Waals surface area (Å²) in [5, 5.41) is 0. The van der Waals surface area contributed by atoms with Gasteiger partial charge in [0.1, 0.15) is 0 Å². The summed E-state index contributed by atoms with van der Waals surface area (Å²) in [7, 11) is 0. The van der Waals surface area contributed by atoms with Crippen LogP contribution in [-0.4, -0.2) is 33.5 Å². The summed E-state index contributed by atoms with van der Waals surface area (Å²) in [6, 6.07) is 15.7. The molecule has 1 aromatic heterocycles. The normalized spacial score (nSPS) is 10.8. The number of esters is 1. The average Bonchev–Trinajstić information content (AvgIpc) is 2.80. The molecule has 0 unspecified atom stereocenters. The van der Waals surface area contributed by atoms with Gasteiger partial charge in [0.25, 0.3) is 17.4 Å². The second-order valence-electron chi connectivity index (χ2n) is 6.69. The number of benzene rings is 2. The molecule has 0 amide bonds. The van der Waals surface area contributed by atoms with Crippen molar-refractivity contribution in [1.29, 1.82) is 0 Å². The zero-order chi connectivity index (χ0) is 23.3. The first-order valence-electron chi connectivity index (χ1n) is 9.79. The van der Waals surface area contributed by atoms with Crippen LogP contribution in [0.2, 0.25) is 0 Å². The van der Waals surface area contributed by atoms with Crippen molar-refractivity contribution < 1.29 is 19.1 Å². The molecule has 8 nitrogen and oxygen atoms in total. The van der Waals surface area contributed by atoms with E-state index in [4.69, 9.17) is 4.74 Å². The molecule has 0 spiro atoms. The van der Waals surface area contributed by atoms with Gasteiger partial charge in [0.05, 0.1) is 12.2 Å². The van der Waals surface area contributed by atoms with E-state index in [1.807, 2.05) is 0 Å². The number of carbonyl (C=O) groups is 3. The van der Waals surface area contributed by atoms with Gasteiger partial charge in [-0.25, -0.2) is 14.2 Å². The van der Waals surface area contributed by atoms with Gasteiger partial charge in [0.2, 0.25) is 0 Å². The Hall–Kier alpha value is -4.33. The highest BCUT2D eigenvalue weighted by atomic mass is 16.5. The molecule has 0 saturated heterocycles. The van der Waals surface area contributed by atoms with Crippen LogP contribution < -0.4 is 11.2 Å². The number of carbonyl (C=O) groups excluding carboxylic acids is 3. The van der Waals surface area contributed by atoms with Crippen molar-refractivity contribution in [3.05, 3.63) is 110 Å². The summed E-state index contributed by atoms with van der Waals surface area (Å²) < 4.78 is 5.97. The zero-order valence-electron chi connectivity index (χ0n) is 17.5. The Morgan fingerprint density at radius 1 is 0.844 bits per heavy atom. The lowest BCUT2D eigenvalue weighted by Crippen LogP contribution is -2.47. The SMILES string of the molecule is CCOC(=O)/C=C/c1c(C)n(C(=O)c2ccccc2)c(=O)n(C(=O)c2ccccc2)c1=O. The van der Waals surface area contributed by atoms with Crippen molar-refractivity contribution in [3.63, 3.8) is 0 Å². The highest BCUT2D eigenvalue weighted by Crippen LogP contribution is 2.09. The van der Waals surface area contributed by atoms with Crippen LogP contribution in [-0.2, 0) is 9.53 Å². The smallest absolute Gasteiger partial charge is 0.345 e. The summed E-state index contributed by atoms with van der Waals surface area (Å²) in [6.45, 7) is 3.15. The van der Waals surface area contributed by atoms with Gasteiger partial charge < -0.3 is 4.74 Å². The van der Waals surface area contributed by atoms with E-state index < -0.39 is 29.0 Å². The van der Waals surface area contributed by atoms with Crippen molar-refractivity contribution in [2.45, 2.75) is 13.8 Å². The van der Waals surface area contributed by atoms with Crippen molar-refractivity contribution in [2.24, 2.45) is 0 Å². The molecular formula is C24H20N2O6. The molecule has 32 heavy (non-hydrogen) atoms. The second kappa shape index (κ2) is 9.65. The van der Waals surface area contributed by atoms with Gasteiger partial charge in [0.15, 0.2) is 0 Å². The van der Waals surface area contributed by atoms with Gasteiger partial charge in [0, 0.05) is 22.9 Å². The quantitative estimate of drug-likeness (QED) is 0.453. The number of aromatic nitrogens is 2. The minimum Gasteiger partial charge on any atom is -0.463 e. The van der Waals surface area contributed by atoms with E-state index in [9.17, 15) is 24.0 Å². The van der Waals surface area contributed by atoms with Crippen LogP contribution in [0.1, 0.15) is 38.9 Å². The summed E-state index contributed by atoms with van der Waals surface area (Å²) in [4.78, 5) is 64.2. The van der Waals surface area contributed by atoms with Crippen molar-refractivity contribution in [3.8, 4) is 0 Å². The molecule has 0 N–H and O–H groups in total. The number of rotatable bonds is 5. The minimum atomic E-state index is -1.09. The molecule has 2 aromatic carbocycles. The topological polar surface area (TPSA) is 104 Å². The molecule has 0 saturated carbocycles. The van der Waals surface area contributed by atoms with Gasteiger partial charge in [-0.1, -0.05) is 36.4 Å². The van der Waals surface area contributed by atoms with Crippen LogP contribution >= 0.6 is 0 Å². The van der Waals surface area contributed by atoms with Gasteiger partial charge in [-0.2, -0.15) is 4.57 Å². The van der Waals surface area contributed by atoms with E-state index in [0.29, 0.717) is 4.57 Å². The molecule has 0 aliphatic rings. The summed E-state index contributed by atoms with van der Waals surface area (Å²) >= 11 is 0. The zero-order valence-corrected chi connectivity index (χ0v) is 17.5. The Morgan fingerprint density at radius 3 is 1.84 bits per heavy atom. The molecule has 0 aliphatic carbocycles.